The summed E-state index contributed by atoms with van der Waals surface area (Å²) in [6, 6.07) is 1.85. The summed E-state index contributed by atoms with van der Waals surface area (Å²) in [4.78, 5) is 6.18. The predicted octanol–water partition coefficient (Wildman–Crippen LogP) is 0.567. The van der Waals surface area contributed by atoms with E-state index in [0.717, 1.165) is 11.5 Å². The van der Waals surface area contributed by atoms with Gasteiger partial charge in [0.2, 0.25) is 0 Å². The topological polar surface area (TPSA) is 87.8 Å². The highest BCUT2D eigenvalue weighted by atomic mass is 32.2. The van der Waals surface area contributed by atoms with E-state index in [1.807, 2.05) is 17.9 Å². The van der Waals surface area contributed by atoms with E-state index in [1.165, 1.54) is 0 Å². The summed E-state index contributed by atoms with van der Waals surface area (Å²) in [5.74, 6) is 1.53. The molecule has 0 atom stereocenters. The highest BCUT2D eigenvalue weighted by Gasteiger charge is 2.40. The number of nitrogens with zero attached hydrogens (tertiary/aromatic N) is 3. The Morgan fingerprint density at radius 1 is 1.57 bits per heavy atom. The molecule has 0 aromatic carbocycles. The van der Waals surface area contributed by atoms with Crippen molar-refractivity contribution in [3.05, 3.63) is 17.5 Å². The van der Waals surface area contributed by atoms with Crippen molar-refractivity contribution in [1.29, 1.82) is 0 Å². The summed E-state index contributed by atoms with van der Waals surface area (Å²) in [6.45, 7) is 6.70. The zero-order valence-electron chi connectivity index (χ0n) is 12.9. The van der Waals surface area contributed by atoms with E-state index in [0.29, 0.717) is 25.6 Å². The largest absolute Gasteiger partial charge is 0.359 e. The minimum absolute atomic E-state index is 0.141. The maximum Gasteiger partial charge on any atom is 0.194 e. The molecule has 118 valence electrons. The molecule has 0 radical (unpaired) electrons. The lowest BCUT2D eigenvalue weighted by Crippen LogP contribution is -2.57. The Labute approximate surface area is 125 Å². The second-order valence-electron chi connectivity index (χ2n) is 5.84. The number of aromatic nitrogens is 1. The van der Waals surface area contributed by atoms with Gasteiger partial charge in [-0.3, -0.25) is 4.99 Å². The average Bonchev–Trinajstić information content (AvgIpc) is 2.80. The lowest BCUT2D eigenvalue weighted by Gasteiger charge is -2.39. The minimum atomic E-state index is -3.05. The maximum atomic E-state index is 12.0. The first-order valence-corrected chi connectivity index (χ1v) is 8.50. The zero-order chi connectivity index (χ0) is 15.7. The molecule has 0 saturated carbocycles. The van der Waals surface area contributed by atoms with Crippen molar-refractivity contribution in [2.45, 2.75) is 32.1 Å². The monoisotopic (exact) mass is 314 g/mol. The van der Waals surface area contributed by atoms with E-state index in [9.17, 15) is 8.42 Å². The van der Waals surface area contributed by atoms with Crippen LogP contribution in [0.2, 0.25) is 0 Å². The second kappa shape index (κ2) is 5.67. The summed E-state index contributed by atoms with van der Waals surface area (Å²) in [7, 11) is -1.37. The number of sulfone groups is 1. The average molecular weight is 314 g/mol. The minimum Gasteiger partial charge on any atom is -0.359 e. The molecule has 1 saturated heterocycles. The number of aryl methyl sites for hydroxylation is 1. The molecule has 1 aromatic rings. The third kappa shape index (κ3) is 3.37. The standard InChI is InChI=1S/C13H22N4O3S/c1-10-7-11(20-16-10)8-15-12(14-4)17-5-6-21(18,19)13(2,3)9-17/h7H,5-6,8-9H2,1-4H3,(H,14,15). The van der Waals surface area contributed by atoms with Crippen molar-refractivity contribution in [3.8, 4) is 0 Å². The van der Waals surface area contributed by atoms with Gasteiger partial charge in [0, 0.05) is 26.2 Å². The molecule has 1 N–H and O–H groups in total. The van der Waals surface area contributed by atoms with Crippen LogP contribution in [0.3, 0.4) is 0 Å². The van der Waals surface area contributed by atoms with E-state index in [1.54, 1.807) is 20.9 Å². The molecule has 0 aliphatic carbocycles. The Balaban J connectivity index is 2.02. The van der Waals surface area contributed by atoms with Crippen LogP contribution in [0.15, 0.2) is 15.6 Å². The number of nitrogens with one attached hydrogen (secondary N) is 1. The van der Waals surface area contributed by atoms with E-state index in [4.69, 9.17) is 4.52 Å². The van der Waals surface area contributed by atoms with Crippen molar-refractivity contribution in [3.63, 3.8) is 0 Å². The predicted molar refractivity (Wildman–Crippen MR) is 80.9 cm³/mol. The SMILES string of the molecule is CN=C(NCc1cc(C)no1)N1CCS(=O)(=O)C(C)(C)C1. The zero-order valence-corrected chi connectivity index (χ0v) is 13.7. The van der Waals surface area contributed by atoms with Gasteiger partial charge >= 0.3 is 0 Å². The van der Waals surface area contributed by atoms with Gasteiger partial charge in [-0.15, -0.1) is 0 Å². The molecule has 0 spiro atoms. The fraction of sp³-hybridized carbons (Fsp3) is 0.692. The molecule has 2 heterocycles. The van der Waals surface area contributed by atoms with Crippen LogP contribution in [0, 0.1) is 6.92 Å². The third-order valence-corrected chi connectivity index (χ3v) is 6.19. The van der Waals surface area contributed by atoms with Crippen molar-refractivity contribution in [2.75, 3.05) is 25.9 Å². The van der Waals surface area contributed by atoms with Crippen LogP contribution in [0.4, 0.5) is 0 Å². The van der Waals surface area contributed by atoms with Crippen molar-refractivity contribution in [1.82, 2.24) is 15.4 Å². The smallest absolute Gasteiger partial charge is 0.194 e. The summed E-state index contributed by atoms with van der Waals surface area (Å²) in [5, 5.41) is 7.01. The molecule has 7 nitrogen and oxygen atoms in total. The second-order valence-corrected chi connectivity index (χ2v) is 8.58. The molecule has 0 unspecified atom stereocenters. The summed E-state index contributed by atoms with van der Waals surface area (Å²) in [5.41, 5.74) is 0.826. The molecule has 2 rings (SSSR count). The van der Waals surface area contributed by atoms with E-state index in [2.05, 4.69) is 15.5 Å². The van der Waals surface area contributed by atoms with E-state index >= 15 is 0 Å². The van der Waals surface area contributed by atoms with Crippen molar-refractivity contribution in [2.24, 2.45) is 4.99 Å². The fourth-order valence-corrected chi connectivity index (χ4v) is 3.69. The molecule has 1 aromatic heterocycles. The third-order valence-electron chi connectivity index (χ3n) is 3.65. The molecule has 0 bridgehead atoms. The molecular weight excluding hydrogens is 292 g/mol. The van der Waals surface area contributed by atoms with Crippen LogP contribution in [0.5, 0.6) is 0 Å². The summed E-state index contributed by atoms with van der Waals surface area (Å²) < 4.78 is 28.4. The molecule has 1 aliphatic heterocycles. The number of hydrogen-bond donors (Lipinski definition) is 1. The van der Waals surface area contributed by atoms with Gasteiger partial charge in [-0.05, 0) is 20.8 Å². The Hall–Kier alpha value is -1.57. The maximum absolute atomic E-state index is 12.0. The Morgan fingerprint density at radius 2 is 2.29 bits per heavy atom. The van der Waals surface area contributed by atoms with Crippen LogP contribution in [-0.2, 0) is 16.4 Å². The number of hydrogen-bond acceptors (Lipinski definition) is 5. The van der Waals surface area contributed by atoms with Crippen LogP contribution in [0.25, 0.3) is 0 Å². The molecule has 8 heteroatoms. The fourth-order valence-electron chi connectivity index (χ4n) is 2.32. The number of rotatable bonds is 2. The molecule has 1 fully saturated rings. The molecule has 21 heavy (non-hydrogen) atoms. The van der Waals surface area contributed by atoms with E-state index in [-0.39, 0.29) is 5.75 Å². The van der Waals surface area contributed by atoms with Crippen LogP contribution in [-0.4, -0.2) is 55.1 Å². The van der Waals surface area contributed by atoms with Crippen molar-refractivity contribution < 1.29 is 12.9 Å². The van der Waals surface area contributed by atoms with Gasteiger partial charge in [-0.25, -0.2) is 8.42 Å². The Kier molecular flexibility index (Phi) is 4.27. The number of aliphatic imine (C=N–C) groups is 1. The molecular formula is C13H22N4O3S. The van der Waals surface area contributed by atoms with Gasteiger partial charge < -0.3 is 14.7 Å². The first kappa shape index (κ1) is 15.8. The lowest BCUT2D eigenvalue weighted by molar-refractivity contribution is 0.345. The molecule has 1 aliphatic rings. The lowest BCUT2D eigenvalue weighted by atomic mass is 10.2. The van der Waals surface area contributed by atoms with Gasteiger partial charge in [0.15, 0.2) is 21.6 Å². The van der Waals surface area contributed by atoms with Gasteiger partial charge in [-0.2, -0.15) is 0 Å². The van der Waals surface area contributed by atoms with Gasteiger partial charge in [0.25, 0.3) is 0 Å². The first-order chi connectivity index (χ1) is 9.75. The van der Waals surface area contributed by atoms with Gasteiger partial charge in [0.1, 0.15) is 0 Å². The normalized spacial score (nSPS) is 21.3. The first-order valence-electron chi connectivity index (χ1n) is 6.85. The highest BCUT2D eigenvalue weighted by Crippen LogP contribution is 2.23. The highest BCUT2D eigenvalue weighted by molar-refractivity contribution is 7.92. The Morgan fingerprint density at radius 3 is 2.81 bits per heavy atom. The van der Waals surface area contributed by atoms with E-state index < -0.39 is 14.6 Å². The summed E-state index contributed by atoms with van der Waals surface area (Å²) >= 11 is 0. The Bertz CT molecular complexity index is 634. The van der Waals surface area contributed by atoms with Crippen LogP contribution < -0.4 is 5.32 Å². The van der Waals surface area contributed by atoms with Crippen LogP contribution >= 0.6 is 0 Å². The van der Waals surface area contributed by atoms with Crippen molar-refractivity contribution >= 4 is 15.8 Å². The van der Waals surface area contributed by atoms with Gasteiger partial charge in [0.05, 0.1) is 22.7 Å². The quantitative estimate of drug-likeness (QED) is 0.634. The summed E-state index contributed by atoms with van der Waals surface area (Å²) in [6.07, 6.45) is 0. The van der Waals surface area contributed by atoms with Crippen LogP contribution in [0.1, 0.15) is 25.3 Å². The van der Waals surface area contributed by atoms with Gasteiger partial charge in [-0.1, -0.05) is 5.16 Å². The number of guanidine groups is 1. The molecule has 0 amide bonds.